The zero-order chi connectivity index (χ0) is 38.2. The van der Waals surface area contributed by atoms with Gasteiger partial charge in [-0.3, -0.25) is 0 Å². The van der Waals surface area contributed by atoms with Crippen LogP contribution in [0.2, 0.25) is 0 Å². The molecule has 0 aliphatic rings. The van der Waals surface area contributed by atoms with Gasteiger partial charge in [0, 0.05) is 53.1 Å². The highest BCUT2D eigenvalue weighted by Crippen LogP contribution is 2.51. The fraction of sp³-hybridized carbons (Fsp3) is 0. The molecule has 0 saturated carbocycles. The van der Waals surface area contributed by atoms with Gasteiger partial charge in [-0.2, -0.15) is 0 Å². The number of thiophene rings is 1. The van der Waals surface area contributed by atoms with E-state index in [0.29, 0.717) is 0 Å². The largest absolute Gasteiger partial charge is 0.454 e. The van der Waals surface area contributed by atoms with E-state index in [0.717, 1.165) is 50.2 Å². The minimum atomic E-state index is 0.863. The van der Waals surface area contributed by atoms with Gasteiger partial charge < -0.3 is 13.9 Å². The van der Waals surface area contributed by atoms with Crippen molar-refractivity contribution in [3.8, 4) is 27.9 Å². The molecule has 3 nitrogen and oxygen atoms in total. The molecule has 12 rings (SSSR count). The van der Waals surface area contributed by atoms with Gasteiger partial charge in [0.25, 0.3) is 0 Å². The fourth-order valence-corrected chi connectivity index (χ4v) is 10.3. The van der Waals surface area contributed by atoms with Crippen LogP contribution in [0.15, 0.2) is 211 Å². The molecular formula is C54H34N2OS. The van der Waals surface area contributed by atoms with Crippen LogP contribution in [0.3, 0.4) is 0 Å². The molecule has 12 aromatic rings. The number of nitrogens with zero attached hydrogens (tertiary/aromatic N) is 2. The molecule has 0 amide bonds. The van der Waals surface area contributed by atoms with Crippen LogP contribution in [0.25, 0.3) is 91.9 Å². The monoisotopic (exact) mass is 758 g/mol. The Hall–Kier alpha value is -7.40. The average molecular weight is 759 g/mol. The maximum atomic E-state index is 6.82. The van der Waals surface area contributed by atoms with E-state index in [2.05, 4.69) is 210 Å². The zero-order valence-corrected chi connectivity index (χ0v) is 32.2. The fourth-order valence-electron chi connectivity index (χ4n) is 8.97. The van der Waals surface area contributed by atoms with Crippen molar-refractivity contribution >= 4 is 92.3 Å². The molecule has 0 N–H and O–H groups in total. The lowest BCUT2D eigenvalue weighted by Crippen LogP contribution is -2.11. The molecule has 58 heavy (non-hydrogen) atoms. The SMILES string of the molecule is c1ccc(-c2ccc3c(c2)sc2c(-c4ccccc4)ccc(N(c4ccc5c(c4)c4ccccc4n5-c4ccccc4)c4cccc5c4oc4ccccc45)c23)cc1. The van der Waals surface area contributed by atoms with E-state index in [-0.39, 0.29) is 0 Å². The number of benzene rings is 9. The van der Waals surface area contributed by atoms with Crippen LogP contribution in [0.5, 0.6) is 0 Å². The Morgan fingerprint density at radius 2 is 1.12 bits per heavy atom. The molecule has 0 radical (unpaired) electrons. The Bertz CT molecular complexity index is 3510. The third kappa shape index (κ3) is 5.05. The maximum absolute atomic E-state index is 6.82. The predicted molar refractivity (Wildman–Crippen MR) is 247 cm³/mol. The maximum Gasteiger partial charge on any atom is 0.159 e. The Morgan fingerprint density at radius 3 is 1.95 bits per heavy atom. The molecule has 9 aromatic carbocycles. The number of furan rings is 1. The second-order valence-corrected chi connectivity index (χ2v) is 15.9. The van der Waals surface area contributed by atoms with Gasteiger partial charge in [0.1, 0.15) is 5.58 Å². The van der Waals surface area contributed by atoms with E-state index in [1.807, 2.05) is 17.4 Å². The summed E-state index contributed by atoms with van der Waals surface area (Å²) in [4.78, 5) is 2.44. The summed E-state index contributed by atoms with van der Waals surface area (Å²) in [7, 11) is 0. The summed E-state index contributed by atoms with van der Waals surface area (Å²) in [5, 5.41) is 7.07. The van der Waals surface area contributed by atoms with Gasteiger partial charge in [-0.25, -0.2) is 0 Å². The number of hydrogen-bond donors (Lipinski definition) is 0. The summed E-state index contributed by atoms with van der Waals surface area (Å²) in [5.41, 5.74) is 13.2. The van der Waals surface area contributed by atoms with E-state index >= 15 is 0 Å². The van der Waals surface area contributed by atoms with Crippen molar-refractivity contribution in [3.63, 3.8) is 0 Å². The lowest BCUT2D eigenvalue weighted by Gasteiger charge is -2.27. The van der Waals surface area contributed by atoms with Crippen LogP contribution < -0.4 is 4.90 Å². The lowest BCUT2D eigenvalue weighted by molar-refractivity contribution is 0.669. The van der Waals surface area contributed by atoms with Crippen LogP contribution in [-0.2, 0) is 0 Å². The number of rotatable bonds is 6. The molecule has 0 saturated heterocycles. The van der Waals surface area contributed by atoms with Gasteiger partial charge >= 0.3 is 0 Å². The third-order valence-electron chi connectivity index (χ3n) is 11.6. The van der Waals surface area contributed by atoms with Gasteiger partial charge in [0.05, 0.1) is 22.4 Å². The Labute approximate surface area is 338 Å². The first-order valence-corrected chi connectivity index (χ1v) is 20.5. The van der Waals surface area contributed by atoms with Crippen LogP contribution >= 0.6 is 11.3 Å². The molecule has 272 valence electrons. The van der Waals surface area contributed by atoms with Crippen LogP contribution in [-0.4, -0.2) is 4.57 Å². The second-order valence-electron chi connectivity index (χ2n) is 14.9. The minimum Gasteiger partial charge on any atom is -0.454 e. The first-order valence-electron chi connectivity index (χ1n) is 19.7. The van der Waals surface area contributed by atoms with Crippen LogP contribution in [0.4, 0.5) is 17.1 Å². The van der Waals surface area contributed by atoms with Crippen LogP contribution in [0.1, 0.15) is 0 Å². The normalized spacial score (nSPS) is 11.8. The summed E-state index contributed by atoms with van der Waals surface area (Å²) in [5.74, 6) is 0. The summed E-state index contributed by atoms with van der Waals surface area (Å²) in [6.45, 7) is 0. The molecular weight excluding hydrogens is 725 g/mol. The van der Waals surface area contributed by atoms with Crippen molar-refractivity contribution in [1.29, 1.82) is 0 Å². The topological polar surface area (TPSA) is 21.3 Å². The number of para-hydroxylation sites is 4. The summed E-state index contributed by atoms with van der Waals surface area (Å²) < 4.78 is 11.7. The van der Waals surface area contributed by atoms with Gasteiger partial charge in [-0.05, 0) is 82.9 Å². The van der Waals surface area contributed by atoms with Crippen molar-refractivity contribution in [2.75, 3.05) is 4.90 Å². The molecule has 0 atom stereocenters. The molecule has 3 aromatic heterocycles. The van der Waals surface area contributed by atoms with E-state index in [4.69, 9.17) is 4.42 Å². The summed E-state index contributed by atoms with van der Waals surface area (Å²) in [6.07, 6.45) is 0. The standard InChI is InChI=1S/C54H34N2OS/c1-4-15-35(16-5-1)37-27-29-44-51(33-37)58-54-40(36-17-6-2-7-18-36)30-32-48(52(44)54)56(49-25-14-23-43-42-22-11-13-26-50(42)57-53(43)49)39-28-31-47-45(34-39)41-21-10-12-24-46(41)55(47)38-19-8-3-9-20-38/h1-34H. The predicted octanol–water partition coefficient (Wildman–Crippen LogP) is 15.9. The molecule has 0 fully saturated rings. The molecule has 0 aliphatic heterocycles. The Kier molecular flexibility index (Phi) is 7.40. The lowest BCUT2D eigenvalue weighted by atomic mass is 9.98. The van der Waals surface area contributed by atoms with Gasteiger partial charge in [-0.1, -0.05) is 146 Å². The number of fused-ring (bicyclic) bond motifs is 9. The first kappa shape index (κ1) is 32.8. The van der Waals surface area contributed by atoms with Gasteiger partial charge in [0.15, 0.2) is 5.58 Å². The first-order chi connectivity index (χ1) is 28.8. The van der Waals surface area contributed by atoms with Crippen molar-refractivity contribution in [3.05, 3.63) is 206 Å². The highest BCUT2D eigenvalue weighted by Gasteiger charge is 2.25. The third-order valence-corrected chi connectivity index (χ3v) is 12.8. The Balaban J connectivity index is 1.18. The van der Waals surface area contributed by atoms with Gasteiger partial charge in [-0.15, -0.1) is 11.3 Å². The van der Waals surface area contributed by atoms with Gasteiger partial charge in [0.2, 0.25) is 0 Å². The quantitative estimate of drug-likeness (QED) is 0.168. The molecule has 0 unspecified atom stereocenters. The summed E-state index contributed by atoms with van der Waals surface area (Å²) >= 11 is 1.87. The highest BCUT2D eigenvalue weighted by molar-refractivity contribution is 7.26. The minimum absolute atomic E-state index is 0.863. The van der Waals surface area contributed by atoms with Crippen molar-refractivity contribution in [1.82, 2.24) is 4.57 Å². The second kappa shape index (κ2) is 13.1. The van der Waals surface area contributed by atoms with Crippen molar-refractivity contribution in [2.45, 2.75) is 0 Å². The van der Waals surface area contributed by atoms with E-state index in [1.54, 1.807) is 0 Å². The smallest absolute Gasteiger partial charge is 0.159 e. The number of aromatic nitrogens is 1. The summed E-state index contributed by atoms with van der Waals surface area (Å²) in [6, 6.07) is 74.3. The Morgan fingerprint density at radius 1 is 0.431 bits per heavy atom. The van der Waals surface area contributed by atoms with Crippen molar-refractivity contribution < 1.29 is 4.42 Å². The van der Waals surface area contributed by atoms with Crippen molar-refractivity contribution in [2.24, 2.45) is 0 Å². The highest BCUT2D eigenvalue weighted by atomic mass is 32.1. The molecule has 0 bridgehead atoms. The molecule has 4 heteroatoms. The molecule has 3 heterocycles. The van der Waals surface area contributed by atoms with E-state index in [9.17, 15) is 0 Å². The number of anilines is 3. The van der Waals surface area contributed by atoms with Crippen LogP contribution in [0, 0.1) is 0 Å². The van der Waals surface area contributed by atoms with E-state index in [1.165, 1.54) is 58.7 Å². The van der Waals surface area contributed by atoms with E-state index < -0.39 is 0 Å². The number of hydrogen-bond acceptors (Lipinski definition) is 3. The molecule has 0 spiro atoms. The zero-order valence-electron chi connectivity index (χ0n) is 31.3. The molecule has 0 aliphatic carbocycles. The average Bonchev–Trinajstić information content (AvgIpc) is 3.97.